The molecule has 2 rings (SSSR count). The molecule has 0 radical (unpaired) electrons. The molecule has 1 fully saturated rings. The molecule has 0 saturated carbocycles. The quantitative estimate of drug-likeness (QED) is 0.815. The minimum absolute atomic E-state index is 0.275. The zero-order valence-electron chi connectivity index (χ0n) is 12.5. The highest BCUT2D eigenvalue weighted by Crippen LogP contribution is 2.33. The molecule has 1 aromatic rings. The van der Waals surface area contributed by atoms with Crippen LogP contribution in [-0.2, 0) is 4.74 Å². The summed E-state index contributed by atoms with van der Waals surface area (Å²) in [6.45, 7) is 9.65. The van der Waals surface area contributed by atoms with Crippen LogP contribution in [-0.4, -0.2) is 19.7 Å². The second-order valence-electron chi connectivity index (χ2n) is 5.74. The fourth-order valence-corrected chi connectivity index (χ4v) is 2.83. The Hall–Kier alpha value is -0.860. The van der Waals surface area contributed by atoms with Gasteiger partial charge in [-0.15, -0.1) is 0 Å². The maximum atomic E-state index is 6.06. The Labute approximate surface area is 117 Å². The first-order valence-electron chi connectivity index (χ1n) is 7.62. The fraction of sp³-hybridized carbons (Fsp3) is 0.647. The van der Waals surface area contributed by atoms with E-state index in [9.17, 15) is 0 Å². The SMILES string of the molecule is CCCNCC1CCCOC1c1ccc(C)c(C)c1. The van der Waals surface area contributed by atoms with Crippen molar-refractivity contribution in [3.63, 3.8) is 0 Å². The van der Waals surface area contributed by atoms with Crippen LogP contribution in [0.15, 0.2) is 18.2 Å². The van der Waals surface area contributed by atoms with Crippen molar-refractivity contribution in [3.8, 4) is 0 Å². The normalized spacial score (nSPS) is 23.5. The first-order chi connectivity index (χ1) is 9.22. The first kappa shape index (κ1) is 14.5. The molecular weight excluding hydrogens is 234 g/mol. The summed E-state index contributed by atoms with van der Waals surface area (Å²) in [6, 6.07) is 6.77. The lowest BCUT2D eigenvalue weighted by Gasteiger charge is -2.32. The van der Waals surface area contributed by atoms with Crippen LogP contribution in [0.1, 0.15) is 49.0 Å². The molecule has 0 aliphatic carbocycles. The molecule has 0 spiro atoms. The summed E-state index contributed by atoms with van der Waals surface area (Å²) >= 11 is 0. The van der Waals surface area contributed by atoms with E-state index in [1.807, 2.05) is 0 Å². The van der Waals surface area contributed by atoms with Gasteiger partial charge in [-0.3, -0.25) is 0 Å². The van der Waals surface area contributed by atoms with Crippen LogP contribution in [0.2, 0.25) is 0 Å². The van der Waals surface area contributed by atoms with Crippen molar-refractivity contribution in [2.45, 2.75) is 46.1 Å². The van der Waals surface area contributed by atoms with Crippen molar-refractivity contribution >= 4 is 0 Å². The molecule has 0 bridgehead atoms. The fourth-order valence-electron chi connectivity index (χ4n) is 2.83. The largest absolute Gasteiger partial charge is 0.373 e. The minimum Gasteiger partial charge on any atom is -0.373 e. The molecule has 1 heterocycles. The number of hydrogen-bond donors (Lipinski definition) is 1. The smallest absolute Gasteiger partial charge is 0.0865 e. The molecule has 0 amide bonds. The highest BCUT2D eigenvalue weighted by atomic mass is 16.5. The van der Waals surface area contributed by atoms with E-state index in [0.29, 0.717) is 5.92 Å². The number of hydrogen-bond acceptors (Lipinski definition) is 2. The lowest BCUT2D eigenvalue weighted by atomic mass is 9.88. The second kappa shape index (κ2) is 7.06. The summed E-state index contributed by atoms with van der Waals surface area (Å²) in [6.07, 6.45) is 3.94. The standard InChI is InChI=1S/C17H27NO/c1-4-9-18-12-16-6-5-10-19-17(16)15-8-7-13(2)14(3)11-15/h7-8,11,16-18H,4-6,9-10,12H2,1-3H3. The van der Waals surface area contributed by atoms with Crippen LogP contribution in [0.25, 0.3) is 0 Å². The van der Waals surface area contributed by atoms with Crippen LogP contribution in [0.5, 0.6) is 0 Å². The molecule has 0 aromatic heterocycles. The highest BCUT2D eigenvalue weighted by Gasteiger charge is 2.27. The van der Waals surface area contributed by atoms with E-state index in [4.69, 9.17) is 4.74 Å². The Bertz CT molecular complexity index is 402. The average Bonchev–Trinajstić information content (AvgIpc) is 2.43. The topological polar surface area (TPSA) is 21.3 Å². The van der Waals surface area contributed by atoms with Crippen LogP contribution in [0.4, 0.5) is 0 Å². The van der Waals surface area contributed by atoms with Crippen molar-refractivity contribution in [1.29, 1.82) is 0 Å². The lowest BCUT2D eigenvalue weighted by molar-refractivity contribution is -0.0277. The third-order valence-corrected chi connectivity index (χ3v) is 4.14. The van der Waals surface area contributed by atoms with Gasteiger partial charge in [0.25, 0.3) is 0 Å². The van der Waals surface area contributed by atoms with E-state index in [2.05, 4.69) is 44.3 Å². The molecule has 1 N–H and O–H groups in total. The summed E-state index contributed by atoms with van der Waals surface area (Å²) in [7, 11) is 0. The van der Waals surface area contributed by atoms with Crippen LogP contribution < -0.4 is 5.32 Å². The predicted octanol–water partition coefficient (Wildman–Crippen LogP) is 3.77. The number of rotatable bonds is 5. The van der Waals surface area contributed by atoms with Gasteiger partial charge in [0.1, 0.15) is 0 Å². The van der Waals surface area contributed by atoms with Gasteiger partial charge in [0, 0.05) is 19.1 Å². The van der Waals surface area contributed by atoms with E-state index < -0.39 is 0 Å². The van der Waals surface area contributed by atoms with Gasteiger partial charge in [-0.25, -0.2) is 0 Å². The molecule has 2 atom stereocenters. The zero-order chi connectivity index (χ0) is 13.7. The number of nitrogens with one attached hydrogen (secondary N) is 1. The molecule has 1 saturated heterocycles. The first-order valence-corrected chi connectivity index (χ1v) is 7.62. The molecule has 2 unspecified atom stereocenters. The van der Waals surface area contributed by atoms with Gasteiger partial charge >= 0.3 is 0 Å². The number of ether oxygens (including phenoxy) is 1. The Morgan fingerprint density at radius 2 is 2.11 bits per heavy atom. The van der Waals surface area contributed by atoms with Gasteiger partial charge in [0.05, 0.1) is 6.10 Å². The van der Waals surface area contributed by atoms with E-state index in [1.165, 1.54) is 36.0 Å². The summed E-state index contributed by atoms with van der Waals surface area (Å²) in [5.41, 5.74) is 4.08. The molecule has 2 nitrogen and oxygen atoms in total. The van der Waals surface area contributed by atoms with Gasteiger partial charge in [-0.05, 0) is 56.3 Å². The monoisotopic (exact) mass is 261 g/mol. The molecule has 19 heavy (non-hydrogen) atoms. The van der Waals surface area contributed by atoms with Crippen molar-refractivity contribution in [1.82, 2.24) is 5.32 Å². The molecule has 1 aliphatic heterocycles. The Morgan fingerprint density at radius 3 is 2.84 bits per heavy atom. The predicted molar refractivity (Wildman–Crippen MR) is 80.5 cm³/mol. The second-order valence-corrected chi connectivity index (χ2v) is 5.74. The van der Waals surface area contributed by atoms with E-state index in [-0.39, 0.29) is 6.10 Å². The van der Waals surface area contributed by atoms with Crippen molar-refractivity contribution in [2.75, 3.05) is 19.7 Å². The van der Waals surface area contributed by atoms with Crippen molar-refractivity contribution < 1.29 is 4.74 Å². The molecule has 106 valence electrons. The Balaban J connectivity index is 2.07. The molecule has 1 aliphatic rings. The Morgan fingerprint density at radius 1 is 1.26 bits per heavy atom. The molecule has 2 heteroatoms. The van der Waals surface area contributed by atoms with Crippen molar-refractivity contribution in [3.05, 3.63) is 34.9 Å². The highest BCUT2D eigenvalue weighted by molar-refractivity contribution is 5.31. The summed E-state index contributed by atoms with van der Waals surface area (Å²) in [5, 5.41) is 3.55. The van der Waals surface area contributed by atoms with Crippen LogP contribution in [0, 0.1) is 19.8 Å². The van der Waals surface area contributed by atoms with Gasteiger partial charge < -0.3 is 10.1 Å². The van der Waals surface area contributed by atoms with Gasteiger partial charge in [0.2, 0.25) is 0 Å². The van der Waals surface area contributed by atoms with E-state index >= 15 is 0 Å². The van der Waals surface area contributed by atoms with Gasteiger partial charge in [-0.2, -0.15) is 0 Å². The summed E-state index contributed by atoms with van der Waals surface area (Å²) < 4.78 is 6.06. The lowest BCUT2D eigenvalue weighted by Crippen LogP contribution is -2.32. The van der Waals surface area contributed by atoms with E-state index in [1.54, 1.807) is 0 Å². The van der Waals surface area contributed by atoms with Crippen LogP contribution >= 0.6 is 0 Å². The average molecular weight is 261 g/mol. The summed E-state index contributed by atoms with van der Waals surface area (Å²) in [5.74, 6) is 0.613. The van der Waals surface area contributed by atoms with E-state index in [0.717, 1.165) is 19.7 Å². The van der Waals surface area contributed by atoms with Crippen LogP contribution in [0.3, 0.4) is 0 Å². The number of aryl methyl sites for hydroxylation is 2. The zero-order valence-corrected chi connectivity index (χ0v) is 12.5. The molecular formula is C17H27NO. The Kier molecular flexibility index (Phi) is 5.41. The molecule has 1 aromatic carbocycles. The minimum atomic E-state index is 0.275. The third-order valence-electron chi connectivity index (χ3n) is 4.14. The maximum absolute atomic E-state index is 6.06. The third kappa shape index (κ3) is 3.80. The van der Waals surface area contributed by atoms with Gasteiger partial charge in [0.15, 0.2) is 0 Å². The van der Waals surface area contributed by atoms with Crippen molar-refractivity contribution in [2.24, 2.45) is 5.92 Å². The van der Waals surface area contributed by atoms with Gasteiger partial charge in [-0.1, -0.05) is 25.1 Å². The summed E-state index contributed by atoms with van der Waals surface area (Å²) in [4.78, 5) is 0. The maximum Gasteiger partial charge on any atom is 0.0865 e. The number of benzene rings is 1.